The minimum atomic E-state index is -2.00. The second-order valence-electron chi connectivity index (χ2n) is 7.81. The molecule has 1 fully saturated rings. The van der Waals surface area contributed by atoms with Crippen molar-refractivity contribution in [1.29, 1.82) is 0 Å². The first-order valence-electron chi connectivity index (χ1n) is 8.27. The van der Waals surface area contributed by atoms with Gasteiger partial charge in [0.25, 0.3) is 0 Å². The molecule has 1 aromatic rings. The first kappa shape index (κ1) is 18.7. The number of ether oxygens (including phenoxy) is 1. The predicted molar refractivity (Wildman–Crippen MR) is 95.0 cm³/mol. The maximum absolute atomic E-state index is 12.2. The number of hydrogen-bond acceptors (Lipinski definition) is 4. The molecule has 2 rings (SSSR count). The summed E-state index contributed by atoms with van der Waals surface area (Å²) in [6.07, 6.45) is -0.932. The van der Waals surface area contributed by atoms with Crippen LogP contribution in [-0.2, 0) is 14.0 Å². The van der Waals surface area contributed by atoms with Gasteiger partial charge in [-0.1, -0.05) is 39.0 Å². The number of nitrogens with one attached hydrogen (secondary N) is 1. The van der Waals surface area contributed by atoms with E-state index < -0.39 is 26.4 Å². The summed E-state index contributed by atoms with van der Waals surface area (Å²) < 4.78 is 11.7. The predicted octanol–water partition coefficient (Wildman–Crippen LogP) is 3.33. The van der Waals surface area contributed by atoms with Crippen LogP contribution in [0.5, 0.6) is 0 Å². The van der Waals surface area contributed by atoms with E-state index in [2.05, 4.69) is 39.2 Å². The van der Waals surface area contributed by atoms with Crippen molar-refractivity contribution in [3.63, 3.8) is 0 Å². The minimum absolute atomic E-state index is 0.0533. The highest BCUT2D eigenvalue weighted by molar-refractivity contribution is 6.74. The topological polar surface area (TPSA) is 64.6 Å². The summed E-state index contributed by atoms with van der Waals surface area (Å²) in [5.41, 5.74) is 0.468. The van der Waals surface area contributed by atoms with E-state index in [1.54, 1.807) is 24.3 Å². The summed E-state index contributed by atoms with van der Waals surface area (Å²) in [4.78, 5) is 24.1. The Labute approximate surface area is 144 Å². The quantitative estimate of drug-likeness (QED) is 0.503. The summed E-state index contributed by atoms with van der Waals surface area (Å²) in [6.45, 7) is 12.6. The molecule has 0 unspecified atom stereocenters. The normalized spacial score (nSPS) is 22.3. The molecule has 132 valence electrons. The van der Waals surface area contributed by atoms with Crippen LogP contribution in [0.15, 0.2) is 30.3 Å². The van der Waals surface area contributed by atoms with Crippen LogP contribution < -0.4 is 5.32 Å². The molecule has 1 N–H and O–H groups in total. The molecule has 1 saturated heterocycles. The summed E-state index contributed by atoms with van der Waals surface area (Å²) in [5.74, 6) is -1.04. The van der Waals surface area contributed by atoms with Crippen molar-refractivity contribution in [2.45, 2.75) is 58.2 Å². The molecule has 1 aliphatic rings. The Hall–Kier alpha value is -1.66. The van der Waals surface area contributed by atoms with Gasteiger partial charge in [-0.25, -0.2) is 4.79 Å². The molecule has 0 radical (unpaired) electrons. The average molecular weight is 350 g/mol. The molecule has 0 spiro atoms. The van der Waals surface area contributed by atoms with Crippen LogP contribution in [0.1, 0.15) is 38.1 Å². The number of rotatable bonds is 5. The fourth-order valence-corrected chi connectivity index (χ4v) is 3.83. The molecule has 0 saturated carbocycles. The number of carbonyl (C=O) groups is 2. The average Bonchev–Trinajstić information content (AvgIpc) is 2.45. The second-order valence-corrected chi connectivity index (χ2v) is 12.6. The summed E-state index contributed by atoms with van der Waals surface area (Å²) in [7, 11) is -2.00. The van der Waals surface area contributed by atoms with E-state index in [0.717, 1.165) is 0 Å². The summed E-state index contributed by atoms with van der Waals surface area (Å²) in [6, 6.07) is 8.76. The molecule has 0 bridgehead atoms. The first-order chi connectivity index (χ1) is 11.0. The third-order valence-corrected chi connectivity index (χ3v) is 9.52. The highest BCUT2D eigenvalue weighted by Gasteiger charge is 2.49. The molecule has 0 aromatic heterocycles. The van der Waals surface area contributed by atoms with Crippen LogP contribution in [0.2, 0.25) is 18.1 Å². The third kappa shape index (κ3) is 3.87. The van der Waals surface area contributed by atoms with Crippen LogP contribution in [0.25, 0.3) is 0 Å². The number of benzene rings is 1. The standard InChI is InChI=1S/C18H27NO4Si/c1-12(23-24(5,6)18(2,3)4)14-15(20)19-16(14)22-17(21)13-10-8-7-9-11-13/h7-12,14,16H,1-6H3,(H,19,20)/t12-,14+,16+/m1/s1. The molecule has 1 aliphatic heterocycles. The lowest BCUT2D eigenvalue weighted by atomic mass is 9.93. The van der Waals surface area contributed by atoms with Gasteiger partial charge in [0.2, 0.25) is 5.91 Å². The van der Waals surface area contributed by atoms with Gasteiger partial charge in [0.05, 0.1) is 11.7 Å². The smallest absolute Gasteiger partial charge is 0.340 e. The Balaban J connectivity index is 2.02. The van der Waals surface area contributed by atoms with Crippen LogP contribution >= 0.6 is 0 Å². The van der Waals surface area contributed by atoms with E-state index >= 15 is 0 Å². The lowest BCUT2D eigenvalue weighted by molar-refractivity contribution is -0.154. The van der Waals surface area contributed by atoms with Gasteiger partial charge in [-0.15, -0.1) is 0 Å². The Kier molecular flexibility index (Phi) is 5.20. The molecule has 0 aliphatic carbocycles. The Morgan fingerprint density at radius 2 is 1.79 bits per heavy atom. The van der Waals surface area contributed by atoms with Gasteiger partial charge in [0, 0.05) is 0 Å². The van der Waals surface area contributed by atoms with Crippen LogP contribution in [0.3, 0.4) is 0 Å². The van der Waals surface area contributed by atoms with Crippen molar-refractivity contribution in [3.8, 4) is 0 Å². The number of β-lactam (4-membered cyclic amide) rings is 1. The number of carbonyl (C=O) groups excluding carboxylic acids is 2. The summed E-state index contributed by atoms with van der Waals surface area (Å²) >= 11 is 0. The molecule has 3 atom stereocenters. The zero-order valence-electron chi connectivity index (χ0n) is 15.3. The van der Waals surface area contributed by atoms with E-state index in [9.17, 15) is 9.59 Å². The Bertz CT molecular complexity index is 609. The molecular formula is C18H27NO4Si. The molecule has 1 heterocycles. The molecule has 1 aromatic carbocycles. The monoisotopic (exact) mass is 349 g/mol. The lowest BCUT2D eigenvalue weighted by Crippen LogP contribution is -2.65. The van der Waals surface area contributed by atoms with Crippen LogP contribution in [-0.4, -0.2) is 32.5 Å². The molecule has 5 nitrogen and oxygen atoms in total. The summed E-state index contributed by atoms with van der Waals surface area (Å²) in [5, 5.41) is 2.71. The van der Waals surface area contributed by atoms with Crippen molar-refractivity contribution < 1.29 is 18.8 Å². The zero-order valence-corrected chi connectivity index (χ0v) is 16.3. The fraction of sp³-hybridized carbons (Fsp3) is 0.556. The zero-order chi connectivity index (χ0) is 18.1. The van der Waals surface area contributed by atoms with E-state index in [-0.39, 0.29) is 17.0 Å². The Morgan fingerprint density at radius 3 is 2.29 bits per heavy atom. The van der Waals surface area contributed by atoms with Gasteiger partial charge >= 0.3 is 5.97 Å². The molecule has 6 heteroatoms. The number of esters is 1. The van der Waals surface area contributed by atoms with Crippen molar-refractivity contribution in [3.05, 3.63) is 35.9 Å². The van der Waals surface area contributed by atoms with Crippen molar-refractivity contribution in [2.24, 2.45) is 5.92 Å². The highest BCUT2D eigenvalue weighted by atomic mass is 28.4. The lowest BCUT2D eigenvalue weighted by Gasteiger charge is -2.44. The van der Waals surface area contributed by atoms with E-state index in [4.69, 9.17) is 9.16 Å². The SMILES string of the molecule is C[C@@H](O[Si](C)(C)C(C)(C)C)[C@H]1C(=O)N[C@H]1OC(=O)c1ccccc1. The fourth-order valence-electron chi connectivity index (χ4n) is 2.40. The van der Waals surface area contributed by atoms with Crippen molar-refractivity contribution in [2.75, 3.05) is 0 Å². The Morgan fingerprint density at radius 1 is 1.21 bits per heavy atom. The first-order valence-corrected chi connectivity index (χ1v) is 11.2. The van der Waals surface area contributed by atoms with Gasteiger partial charge in [-0.05, 0) is 37.2 Å². The molecule has 1 amide bonds. The van der Waals surface area contributed by atoms with E-state index in [1.807, 2.05) is 13.0 Å². The van der Waals surface area contributed by atoms with Gasteiger partial charge in [0.1, 0.15) is 5.92 Å². The number of hydrogen-bond donors (Lipinski definition) is 1. The minimum Gasteiger partial charge on any atom is -0.437 e. The van der Waals surface area contributed by atoms with Crippen molar-refractivity contribution >= 4 is 20.2 Å². The van der Waals surface area contributed by atoms with E-state index in [1.165, 1.54) is 0 Å². The number of amides is 1. The van der Waals surface area contributed by atoms with Gasteiger partial charge < -0.3 is 14.5 Å². The van der Waals surface area contributed by atoms with Gasteiger partial charge in [0.15, 0.2) is 14.5 Å². The molecular weight excluding hydrogens is 322 g/mol. The molecule has 24 heavy (non-hydrogen) atoms. The van der Waals surface area contributed by atoms with Crippen LogP contribution in [0.4, 0.5) is 0 Å². The van der Waals surface area contributed by atoms with Crippen molar-refractivity contribution in [1.82, 2.24) is 5.32 Å². The highest BCUT2D eigenvalue weighted by Crippen LogP contribution is 2.39. The largest absolute Gasteiger partial charge is 0.437 e. The second kappa shape index (κ2) is 6.68. The van der Waals surface area contributed by atoms with Gasteiger partial charge in [-0.3, -0.25) is 4.79 Å². The maximum atomic E-state index is 12.2. The van der Waals surface area contributed by atoms with Gasteiger partial charge in [-0.2, -0.15) is 0 Å². The van der Waals surface area contributed by atoms with E-state index in [0.29, 0.717) is 5.56 Å². The maximum Gasteiger partial charge on any atom is 0.340 e. The van der Waals surface area contributed by atoms with Crippen LogP contribution in [0, 0.1) is 5.92 Å². The third-order valence-electron chi connectivity index (χ3n) is 4.95.